The number of fused-ring (bicyclic) bond motifs is 3. The van der Waals surface area contributed by atoms with Crippen LogP contribution in [0.25, 0.3) is 0 Å². The maximum atomic E-state index is 14.3. The second kappa shape index (κ2) is 9.67. The first-order valence-corrected chi connectivity index (χ1v) is 14.2. The second-order valence-corrected chi connectivity index (χ2v) is 13.3. The highest BCUT2D eigenvalue weighted by Crippen LogP contribution is 2.57. The summed E-state index contributed by atoms with van der Waals surface area (Å²) >= 11 is 0. The van der Waals surface area contributed by atoms with Crippen molar-refractivity contribution < 1.29 is 44.3 Å². The number of carbonyl (C=O) groups excluding carboxylic acids is 4. The van der Waals surface area contributed by atoms with E-state index in [9.17, 15) is 39.6 Å². The van der Waals surface area contributed by atoms with Crippen LogP contribution in [0, 0.1) is 17.8 Å². The molecule has 1 amide bonds. The molecule has 11 nitrogen and oxygen atoms in total. The van der Waals surface area contributed by atoms with E-state index in [0.717, 1.165) is 6.42 Å². The molecule has 0 saturated heterocycles. The minimum Gasteiger partial charge on any atom is -0.510 e. The van der Waals surface area contributed by atoms with Crippen LogP contribution in [-0.2, 0) is 24.5 Å². The fourth-order valence-corrected chi connectivity index (χ4v) is 7.21. The maximum absolute atomic E-state index is 14.3. The number of hydrogen-bond donors (Lipinski definition) is 5. The number of esters is 1. The van der Waals surface area contributed by atoms with E-state index < -0.39 is 92.9 Å². The summed E-state index contributed by atoms with van der Waals surface area (Å²) in [6.45, 7) is 7.33. The summed E-state index contributed by atoms with van der Waals surface area (Å²) in [5, 5.41) is 46.4. The molecule has 4 aliphatic rings. The third-order valence-corrected chi connectivity index (χ3v) is 9.60. The Morgan fingerprint density at radius 1 is 1.10 bits per heavy atom. The van der Waals surface area contributed by atoms with Gasteiger partial charge in [0.1, 0.15) is 28.9 Å². The van der Waals surface area contributed by atoms with Crippen LogP contribution in [0.3, 0.4) is 0 Å². The average Bonchev–Trinajstić information content (AvgIpc) is 2.83. The van der Waals surface area contributed by atoms with Gasteiger partial charge in [-0.25, -0.2) is 0 Å². The summed E-state index contributed by atoms with van der Waals surface area (Å²) in [6.07, 6.45) is 0.619. The maximum Gasteiger partial charge on any atom is 0.309 e. The summed E-state index contributed by atoms with van der Waals surface area (Å²) in [4.78, 5) is 55.2. The van der Waals surface area contributed by atoms with Crippen LogP contribution in [0.15, 0.2) is 34.8 Å². The van der Waals surface area contributed by atoms with Crippen molar-refractivity contribution in [3.05, 3.63) is 51.5 Å². The van der Waals surface area contributed by atoms with E-state index in [4.69, 9.17) is 10.5 Å². The number of primary amides is 1. The van der Waals surface area contributed by atoms with Crippen LogP contribution in [0.4, 0.5) is 0 Å². The zero-order chi connectivity index (χ0) is 31.2. The Morgan fingerprint density at radius 2 is 1.71 bits per heavy atom. The fourth-order valence-electron chi connectivity index (χ4n) is 7.21. The number of ether oxygens (including phenoxy) is 1. The molecule has 0 aliphatic heterocycles. The lowest BCUT2D eigenvalue weighted by Crippen LogP contribution is -2.69. The van der Waals surface area contributed by atoms with Gasteiger partial charge in [-0.15, -0.1) is 0 Å². The van der Waals surface area contributed by atoms with Crippen molar-refractivity contribution in [3.63, 3.8) is 0 Å². The molecule has 4 aliphatic carbocycles. The highest BCUT2D eigenvalue weighted by Gasteiger charge is 2.68. The van der Waals surface area contributed by atoms with Crippen molar-refractivity contribution in [1.29, 1.82) is 0 Å². The summed E-state index contributed by atoms with van der Waals surface area (Å²) < 4.78 is 6.07. The summed E-state index contributed by atoms with van der Waals surface area (Å²) in [5.74, 6) is -9.82. The number of aromatic hydroxyl groups is 1. The van der Waals surface area contributed by atoms with E-state index in [2.05, 4.69) is 0 Å². The number of benzene rings is 1. The molecule has 5 rings (SSSR count). The molecule has 1 fully saturated rings. The Bertz CT molecular complexity index is 1480. The highest BCUT2D eigenvalue weighted by atomic mass is 16.5. The third kappa shape index (κ3) is 3.93. The molecule has 1 aromatic carbocycles. The summed E-state index contributed by atoms with van der Waals surface area (Å²) in [6, 6.07) is 2.13. The lowest BCUT2D eigenvalue weighted by Gasteiger charge is -2.54. The molecule has 1 saturated carbocycles. The molecule has 0 heterocycles. The van der Waals surface area contributed by atoms with Crippen molar-refractivity contribution in [2.75, 3.05) is 14.1 Å². The van der Waals surface area contributed by atoms with Crippen LogP contribution in [0.1, 0.15) is 74.4 Å². The van der Waals surface area contributed by atoms with Crippen molar-refractivity contribution >= 4 is 23.4 Å². The Balaban J connectivity index is 1.82. The van der Waals surface area contributed by atoms with Gasteiger partial charge in [0.2, 0.25) is 5.78 Å². The van der Waals surface area contributed by atoms with Crippen molar-refractivity contribution in [3.8, 4) is 5.75 Å². The van der Waals surface area contributed by atoms with Crippen molar-refractivity contribution in [2.45, 2.75) is 76.0 Å². The molecule has 6 atom stereocenters. The number of rotatable bonds is 4. The molecule has 226 valence electrons. The van der Waals surface area contributed by atoms with E-state index in [1.165, 1.54) is 19.0 Å². The SMILES string of the molecule is CC1c2ccc(C(C)(C)C)c(O)c2C(=O)C2=C(O)C3(O)C(=O)C(C(N)=O)=C(O)C(N(C)C)C3C(OC(=O)C3CCC3)C21. The average molecular weight is 583 g/mol. The Morgan fingerprint density at radius 3 is 2.21 bits per heavy atom. The number of nitrogens with two attached hydrogens (primary N) is 1. The number of nitrogens with zero attached hydrogens (tertiary/aromatic N) is 1. The standard InChI is InChI=1S/C31H38N2O9/c1-12-14-10-11-15(30(2,3)4)22(34)17(14)23(35)18-16(12)25(42-29(40)13-8-7-9-13)20-21(33(5)6)24(36)19(28(32)39)27(38)31(20,41)26(18)37/h10-13,16,20-21,25,34,36-37,41H,7-9H2,1-6H3,(H2,32,39). The highest BCUT2D eigenvalue weighted by molar-refractivity contribution is 6.25. The van der Waals surface area contributed by atoms with Crippen LogP contribution < -0.4 is 5.73 Å². The number of carbonyl (C=O) groups is 4. The first-order valence-electron chi connectivity index (χ1n) is 14.2. The Hall–Kier alpha value is -3.70. The molecule has 1 aromatic rings. The van der Waals surface area contributed by atoms with Gasteiger partial charge in [0.05, 0.1) is 23.4 Å². The fraction of sp³-hybridized carbons (Fsp3) is 0.548. The van der Waals surface area contributed by atoms with Crippen LogP contribution in [0.2, 0.25) is 0 Å². The predicted octanol–water partition coefficient (Wildman–Crippen LogP) is 2.30. The van der Waals surface area contributed by atoms with Gasteiger partial charge >= 0.3 is 5.97 Å². The van der Waals surface area contributed by atoms with E-state index in [1.54, 1.807) is 19.1 Å². The summed E-state index contributed by atoms with van der Waals surface area (Å²) in [7, 11) is 3.04. The van der Waals surface area contributed by atoms with Gasteiger partial charge in [-0.2, -0.15) is 0 Å². The number of hydrogen-bond acceptors (Lipinski definition) is 10. The largest absolute Gasteiger partial charge is 0.510 e. The Labute approximate surface area is 243 Å². The number of phenolic OH excluding ortho intramolecular Hbond substituents is 1. The number of likely N-dealkylation sites (N-methyl/N-ethyl adjacent to an activating group) is 1. The van der Waals surface area contributed by atoms with Crippen LogP contribution in [-0.4, -0.2) is 80.6 Å². The number of amides is 1. The number of Topliss-reactive ketones (excluding diaryl/α,β-unsaturated/α-hetero) is 2. The molecule has 42 heavy (non-hydrogen) atoms. The first kappa shape index (κ1) is 29.8. The van der Waals surface area contributed by atoms with Gasteiger partial charge in [-0.3, -0.25) is 24.1 Å². The lowest BCUT2D eigenvalue weighted by molar-refractivity contribution is -0.185. The third-order valence-electron chi connectivity index (χ3n) is 9.60. The topological polar surface area (TPSA) is 188 Å². The van der Waals surface area contributed by atoms with E-state index in [1.807, 2.05) is 20.8 Å². The van der Waals surface area contributed by atoms with Gasteiger partial charge < -0.3 is 30.9 Å². The number of aliphatic hydroxyl groups excluding tert-OH is 2. The van der Waals surface area contributed by atoms with Gasteiger partial charge in [0, 0.05) is 17.1 Å². The molecule has 0 radical (unpaired) electrons. The number of aliphatic hydroxyl groups is 3. The van der Waals surface area contributed by atoms with E-state index in [0.29, 0.717) is 24.0 Å². The van der Waals surface area contributed by atoms with E-state index >= 15 is 0 Å². The first-order chi connectivity index (χ1) is 19.5. The zero-order valence-corrected chi connectivity index (χ0v) is 24.6. The van der Waals surface area contributed by atoms with Gasteiger partial charge in [0.15, 0.2) is 11.4 Å². The molecule has 6 N–H and O–H groups in total. The lowest BCUT2D eigenvalue weighted by atomic mass is 9.55. The number of ketones is 2. The van der Waals surface area contributed by atoms with Crippen LogP contribution >= 0.6 is 0 Å². The van der Waals surface area contributed by atoms with Gasteiger partial charge in [0.25, 0.3) is 5.91 Å². The quantitative estimate of drug-likeness (QED) is 0.260. The normalized spacial score (nSPS) is 31.4. The summed E-state index contributed by atoms with van der Waals surface area (Å²) in [5.41, 5.74) is 1.48. The number of phenols is 1. The molecule has 11 heteroatoms. The van der Waals surface area contributed by atoms with Gasteiger partial charge in [-0.05, 0) is 43.8 Å². The van der Waals surface area contributed by atoms with E-state index in [-0.39, 0.29) is 11.3 Å². The van der Waals surface area contributed by atoms with Crippen LogP contribution in [0.5, 0.6) is 5.75 Å². The van der Waals surface area contributed by atoms with Gasteiger partial charge in [-0.1, -0.05) is 46.2 Å². The Kier molecular flexibility index (Phi) is 6.86. The molecule has 0 bridgehead atoms. The molecule has 6 unspecified atom stereocenters. The molecular formula is C31H38N2O9. The zero-order valence-electron chi connectivity index (χ0n) is 24.6. The minimum atomic E-state index is -2.95. The monoisotopic (exact) mass is 582 g/mol. The predicted molar refractivity (Wildman–Crippen MR) is 150 cm³/mol. The molecule has 0 aromatic heterocycles. The minimum absolute atomic E-state index is 0.0835. The van der Waals surface area contributed by atoms with Crippen molar-refractivity contribution in [1.82, 2.24) is 4.90 Å². The molecular weight excluding hydrogens is 544 g/mol. The molecule has 0 spiro atoms. The second-order valence-electron chi connectivity index (χ2n) is 13.3. The smallest absolute Gasteiger partial charge is 0.309 e. The van der Waals surface area contributed by atoms with Crippen molar-refractivity contribution in [2.24, 2.45) is 23.5 Å².